The van der Waals surface area contributed by atoms with Gasteiger partial charge in [-0.15, -0.1) is 0 Å². The standard InChI is InChI=1S/C15H20N4S/c1-12-5-6-14(13(2)11-12)18-15(20)16-7-3-9-19-10-4-8-17-19/h4-6,8,10-11H,3,7,9H2,1-2H3,(H2,16,18,20). The van der Waals surface area contributed by atoms with E-state index in [1.807, 2.05) is 16.9 Å². The third-order valence-electron chi connectivity index (χ3n) is 3.04. The van der Waals surface area contributed by atoms with E-state index < -0.39 is 0 Å². The average molecular weight is 288 g/mol. The van der Waals surface area contributed by atoms with Gasteiger partial charge in [0.15, 0.2) is 5.11 Å². The Morgan fingerprint density at radius 2 is 2.20 bits per heavy atom. The van der Waals surface area contributed by atoms with Crippen LogP contribution in [0.2, 0.25) is 0 Å². The van der Waals surface area contributed by atoms with E-state index in [0.717, 1.165) is 25.2 Å². The highest BCUT2D eigenvalue weighted by Gasteiger charge is 2.01. The second-order valence-corrected chi connectivity index (χ2v) is 5.23. The quantitative estimate of drug-likeness (QED) is 0.656. The van der Waals surface area contributed by atoms with E-state index in [0.29, 0.717) is 5.11 Å². The fraction of sp³-hybridized carbons (Fsp3) is 0.333. The SMILES string of the molecule is Cc1ccc(NC(=S)NCCCn2cccn2)c(C)c1. The zero-order valence-electron chi connectivity index (χ0n) is 11.9. The molecule has 0 amide bonds. The molecule has 0 saturated carbocycles. The monoisotopic (exact) mass is 288 g/mol. The van der Waals surface area contributed by atoms with E-state index in [2.05, 4.69) is 47.8 Å². The highest BCUT2D eigenvalue weighted by Crippen LogP contribution is 2.15. The Kier molecular flexibility index (Phi) is 5.12. The lowest BCUT2D eigenvalue weighted by molar-refractivity contribution is 0.574. The van der Waals surface area contributed by atoms with Gasteiger partial charge < -0.3 is 10.6 Å². The van der Waals surface area contributed by atoms with Crippen molar-refractivity contribution < 1.29 is 0 Å². The zero-order valence-corrected chi connectivity index (χ0v) is 12.7. The number of aryl methyl sites for hydroxylation is 3. The Balaban J connectivity index is 1.72. The number of benzene rings is 1. The number of thiocarbonyl (C=S) groups is 1. The lowest BCUT2D eigenvalue weighted by atomic mass is 10.1. The van der Waals surface area contributed by atoms with Crippen LogP contribution >= 0.6 is 12.2 Å². The Labute approximate surface area is 125 Å². The van der Waals surface area contributed by atoms with E-state index in [-0.39, 0.29) is 0 Å². The first-order valence-corrected chi connectivity index (χ1v) is 7.15. The first-order chi connectivity index (χ1) is 9.65. The fourth-order valence-corrected chi connectivity index (χ4v) is 2.21. The van der Waals surface area contributed by atoms with Crippen molar-refractivity contribution in [3.05, 3.63) is 47.8 Å². The average Bonchev–Trinajstić information content (AvgIpc) is 2.91. The molecule has 1 heterocycles. The third-order valence-corrected chi connectivity index (χ3v) is 3.29. The van der Waals surface area contributed by atoms with E-state index in [9.17, 15) is 0 Å². The number of nitrogens with zero attached hydrogens (tertiary/aromatic N) is 2. The maximum atomic E-state index is 5.30. The Morgan fingerprint density at radius 1 is 1.35 bits per heavy atom. The van der Waals surface area contributed by atoms with Gasteiger partial charge in [-0.1, -0.05) is 17.7 Å². The van der Waals surface area contributed by atoms with Crippen LogP contribution in [0, 0.1) is 13.8 Å². The minimum absolute atomic E-state index is 0.664. The van der Waals surface area contributed by atoms with Crippen molar-refractivity contribution in [2.24, 2.45) is 0 Å². The molecule has 0 unspecified atom stereocenters. The Bertz CT molecular complexity index is 563. The second kappa shape index (κ2) is 7.05. The van der Waals surface area contributed by atoms with E-state index in [1.54, 1.807) is 6.20 Å². The number of rotatable bonds is 5. The molecule has 1 aromatic heterocycles. The van der Waals surface area contributed by atoms with Crippen LogP contribution in [-0.4, -0.2) is 21.4 Å². The topological polar surface area (TPSA) is 41.9 Å². The van der Waals surface area contributed by atoms with Gasteiger partial charge in [0.2, 0.25) is 0 Å². The van der Waals surface area contributed by atoms with Gasteiger partial charge in [-0.2, -0.15) is 5.10 Å². The minimum atomic E-state index is 0.664. The second-order valence-electron chi connectivity index (χ2n) is 4.82. The van der Waals surface area contributed by atoms with Gasteiger partial charge in [0.1, 0.15) is 0 Å². The lowest BCUT2D eigenvalue weighted by Gasteiger charge is -2.13. The molecule has 0 radical (unpaired) electrons. The van der Waals surface area contributed by atoms with Gasteiger partial charge in [0.25, 0.3) is 0 Å². The van der Waals surface area contributed by atoms with Crippen LogP contribution in [0.15, 0.2) is 36.7 Å². The van der Waals surface area contributed by atoms with Crippen LogP contribution in [0.5, 0.6) is 0 Å². The largest absolute Gasteiger partial charge is 0.362 e. The first kappa shape index (κ1) is 14.5. The van der Waals surface area contributed by atoms with Crippen molar-refractivity contribution in [1.82, 2.24) is 15.1 Å². The lowest BCUT2D eigenvalue weighted by Crippen LogP contribution is -2.30. The maximum Gasteiger partial charge on any atom is 0.170 e. The molecule has 106 valence electrons. The van der Waals surface area contributed by atoms with Crippen molar-refractivity contribution in [2.75, 3.05) is 11.9 Å². The van der Waals surface area contributed by atoms with Crippen LogP contribution in [0.1, 0.15) is 17.5 Å². The van der Waals surface area contributed by atoms with Gasteiger partial charge in [0, 0.05) is 31.2 Å². The van der Waals surface area contributed by atoms with Crippen LogP contribution < -0.4 is 10.6 Å². The van der Waals surface area contributed by atoms with Gasteiger partial charge in [-0.25, -0.2) is 0 Å². The van der Waals surface area contributed by atoms with Crippen molar-refractivity contribution >= 4 is 23.0 Å². The summed E-state index contributed by atoms with van der Waals surface area (Å²) in [6.45, 7) is 5.89. The zero-order chi connectivity index (χ0) is 14.4. The molecular weight excluding hydrogens is 268 g/mol. The fourth-order valence-electron chi connectivity index (χ4n) is 2.00. The summed E-state index contributed by atoms with van der Waals surface area (Å²) in [5, 5.41) is 11.3. The summed E-state index contributed by atoms with van der Waals surface area (Å²) >= 11 is 5.30. The van der Waals surface area contributed by atoms with E-state index in [4.69, 9.17) is 12.2 Å². The molecule has 0 saturated heterocycles. The van der Waals surface area contributed by atoms with E-state index >= 15 is 0 Å². The van der Waals surface area contributed by atoms with E-state index in [1.165, 1.54) is 11.1 Å². The molecular formula is C15H20N4S. The number of hydrogen-bond acceptors (Lipinski definition) is 2. The summed E-state index contributed by atoms with van der Waals surface area (Å²) in [6, 6.07) is 8.21. The third kappa shape index (κ3) is 4.35. The molecule has 4 nitrogen and oxygen atoms in total. The number of nitrogens with one attached hydrogen (secondary N) is 2. The van der Waals surface area contributed by atoms with Crippen LogP contribution in [0.4, 0.5) is 5.69 Å². The van der Waals surface area contributed by atoms with Gasteiger partial charge in [-0.3, -0.25) is 4.68 Å². The van der Waals surface area contributed by atoms with Crippen LogP contribution in [0.25, 0.3) is 0 Å². The molecule has 2 aromatic rings. The summed E-state index contributed by atoms with van der Waals surface area (Å²) in [5.41, 5.74) is 3.51. The summed E-state index contributed by atoms with van der Waals surface area (Å²) in [7, 11) is 0. The minimum Gasteiger partial charge on any atom is -0.362 e. The number of aromatic nitrogens is 2. The predicted octanol–water partition coefficient (Wildman–Crippen LogP) is 2.88. The highest BCUT2D eigenvalue weighted by molar-refractivity contribution is 7.80. The summed E-state index contributed by atoms with van der Waals surface area (Å²) in [6.07, 6.45) is 4.74. The molecule has 20 heavy (non-hydrogen) atoms. The molecule has 0 bridgehead atoms. The summed E-state index contributed by atoms with van der Waals surface area (Å²) < 4.78 is 1.92. The Hall–Kier alpha value is -1.88. The summed E-state index contributed by atoms with van der Waals surface area (Å²) in [4.78, 5) is 0. The molecule has 2 rings (SSSR count). The van der Waals surface area contributed by atoms with Crippen molar-refractivity contribution in [3.63, 3.8) is 0 Å². The van der Waals surface area contributed by atoms with Crippen LogP contribution in [0.3, 0.4) is 0 Å². The normalized spacial score (nSPS) is 10.3. The smallest absolute Gasteiger partial charge is 0.170 e. The first-order valence-electron chi connectivity index (χ1n) is 6.75. The Morgan fingerprint density at radius 3 is 2.90 bits per heavy atom. The molecule has 0 aliphatic heterocycles. The van der Waals surface area contributed by atoms with Crippen molar-refractivity contribution in [1.29, 1.82) is 0 Å². The number of hydrogen-bond donors (Lipinski definition) is 2. The van der Waals surface area contributed by atoms with Crippen molar-refractivity contribution in [3.8, 4) is 0 Å². The molecule has 2 N–H and O–H groups in total. The van der Waals surface area contributed by atoms with Gasteiger partial charge >= 0.3 is 0 Å². The molecule has 0 aliphatic carbocycles. The molecule has 0 atom stereocenters. The summed E-state index contributed by atoms with van der Waals surface area (Å²) in [5.74, 6) is 0. The van der Waals surface area contributed by atoms with Gasteiger partial charge in [0.05, 0.1) is 0 Å². The molecule has 1 aromatic carbocycles. The predicted molar refractivity (Wildman–Crippen MR) is 87.0 cm³/mol. The maximum absolute atomic E-state index is 5.30. The number of anilines is 1. The molecule has 5 heteroatoms. The van der Waals surface area contributed by atoms with Gasteiger partial charge in [-0.05, 0) is 50.2 Å². The molecule has 0 aliphatic rings. The molecule has 0 fully saturated rings. The highest BCUT2D eigenvalue weighted by atomic mass is 32.1. The van der Waals surface area contributed by atoms with Crippen molar-refractivity contribution in [2.45, 2.75) is 26.8 Å². The van der Waals surface area contributed by atoms with Crippen LogP contribution in [-0.2, 0) is 6.54 Å². The molecule has 0 spiro atoms.